The van der Waals surface area contributed by atoms with Crippen LogP contribution in [0.25, 0.3) is 0 Å². The van der Waals surface area contributed by atoms with E-state index in [1.54, 1.807) is 0 Å². The fourth-order valence-electron chi connectivity index (χ4n) is 9.46. The van der Waals surface area contributed by atoms with E-state index in [0.717, 1.165) is 49.9 Å². The van der Waals surface area contributed by atoms with E-state index in [-0.39, 0.29) is 16.9 Å². The molecule has 1 aromatic carbocycles. The van der Waals surface area contributed by atoms with Crippen LogP contribution in [0, 0.1) is 39.9 Å². The lowest BCUT2D eigenvalue weighted by molar-refractivity contribution is -0.149. The largest absolute Gasteiger partial charge is 0.393 e. The first-order valence-corrected chi connectivity index (χ1v) is 12.7. The van der Waals surface area contributed by atoms with Gasteiger partial charge in [-0.15, -0.1) is 0 Å². The van der Waals surface area contributed by atoms with Crippen molar-refractivity contribution in [1.29, 1.82) is 0 Å². The number of halogens is 1. The normalized spacial score (nSPS) is 49.0. The fraction of sp³-hybridized carbons (Fsp3) is 0.786. The first-order valence-electron chi connectivity index (χ1n) is 12.7. The van der Waals surface area contributed by atoms with Gasteiger partial charge in [0.25, 0.3) is 0 Å². The van der Waals surface area contributed by atoms with Gasteiger partial charge in [0.15, 0.2) is 0 Å². The number of rotatable bonds is 3. The molecular formula is C28H41FO. The van der Waals surface area contributed by atoms with Gasteiger partial charge in [-0.25, -0.2) is 4.39 Å². The van der Waals surface area contributed by atoms with Crippen molar-refractivity contribution in [3.8, 4) is 0 Å². The maximum atomic E-state index is 14.2. The van der Waals surface area contributed by atoms with Gasteiger partial charge in [-0.2, -0.15) is 0 Å². The predicted octanol–water partition coefficient (Wildman–Crippen LogP) is 6.98. The lowest BCUT2D eigenvalue weighted by atomic mass is 9.43. The van der Waals surface area contributed by atoms with Gasteiger partial charge in [0.2, 0.25) is 0 Å². The Bertz CT molecular complexity index is 761. The summed E-state index contributed by atoms with van der Waals surface area (Å²) in [5.74, 6) is 2.86. The van der Waals surface area contributed by atoms with Crippen molar-refractivity contribution in [3.05, 3.63) is 35.9 Å². The number of hydrogen-bond donors (Lipinski definition) is 1. The molecule has 0 spiro atoms. The van der Waals surface area contributed by atoms with Gasteiger partial charge in [0, 0.05) is 5.41 Å². The number of fused-ring (bicyclic) bond motifs is 5. The van der Waals surface area contributed by atoms with E-state index >= 15 is 0 Å². The summed E-state index contributed by atoms with van der Waals surface area (Å²) >= 11 is 0. The molecule has 30 heavy (non-hydrogen) atoms. The van der Waals surface area contributed by atoms with E-state index in [4.69, 9.17) is 0 Å². The second-order valence-electron chi connectivity index (χ2n) is 12.0. The first-order chi connectivity index (χ1) is 14.3. The number of aliphatic hydroxyl groups excluding tert-OH is 1. The summed E-state index contributed by atoms with van der Waals surface area (Å²) in [5, 5.41) is 11.2. The molecule has 5 rings (SSSR count). The number of hydrogen-bond acceptors (Lipinski definition) is 1. The van der Waals surface area contributed by atoms with Gasteiger partial charge in [-0.3, -0.25) is 0 Å². The average molecular weight is 413 g/mol. The van der Waals surface area contributed by atoms with Crippen molar-refractivity contribution in [2.75, 3.05) is 0 Å². The Morgan fingerprint density at radius 3 is 2.43 bits per heavy atom. The van der Waals surface area contributed by atoms with Crippen LogP contribution in [-0.2, 0) is 6.42 Å². The molecule has 0 saturated heterocycles. The molecule has 1 aromatic rings. The molecule has 1 N–H and O–H groups in total. The zero-order chi connectivity index (χ0) is 21.1. The molecule has 0 aliphatic heterocycles. The van der Waals surface area contributed by atoms with Gasteiger partial charge < -0.3 is 5.11 Å². The monoisotopic (exact) mass is 412 g/mol. The van der Waals surface area contributed by atoms with Crippen LogP contribution < -0.4 is 0 Å². The highest BCUT2D eigenvalue weighted by molar-refractivity contribution is 5.22. The lowest BCUT2D eigenvalue weighted by Crippen LogP contribution is -2.57. The predicted molar refractivity (Wildman–Crippen MR) is 121 cm³/mol. The Kier molecular flexibility index (Phi) is 5.12. The maximum absolute atomic E-state index is 14.2. The number of alkyl halides is 1. The average Bonchev–Trinajstić information content (AvgIpc) is 3.03. The highest BCUT2D eigenvalue weighted by Gasteiger charge is 2.65. The highest BCUT2D eigenvalue weighted by atomic mass is 19.1. The minimum Gasteiger partial charge on any atom is -0.393 e. The summed E-state index contributed by atoms with van der Waals surface area (Å²) in [7, 11) is 0. The molecule has 4 fully saturated rings. The van der Waals surface area contributed by atoms with Crippen LogP contribution in [0.3, 0.4) is 0 Å². The third-order valence-corrected chi connectivity index (χ3v) is 11.2. The zero-order valence-electron chi connectivity index (χ0n) is 19.2. The maximum Gasteiger partial charge on any atom is 0.100 e. The second-order valence-corrected chi connectivity index (χ2v) is 12.0. The van der Waals surface area contributed by atoms with Crippen LogP contribution in [0.4, 0.5) is 4.39 Å². The van der Waals surface area contributed by atoms with Crippen LogP contribution in [0.1, 0.15) is 84.1 Å². The Balaban J connectivity index is 1.46. The SMILES string of the molecule is C[C@H](O)C1(Cc2ccccc2)CCC2C3CCC4CC(F)CCC4(C)C3CCC21C. The smallest absolute Gasteiger partial charge is 0.100 e. The number of benzene rings is 1. The van der Waals surface area contributed by atoms with E-state index in [9.17, 15) is 9.50 Å². The Hall–Kier alpha value is -0.890. The van der Waals surface area contributed by atoms with Crippen LogP contribution in [-0.4, -0.2) is 17.4 Å². The molecule has 9 atom stereocenters. The third-order valence-electron chi connectivity index (χ3n) is 11.2. The highest BCUT2D eigenvalue weighted by Crippen LogP contribution is 2.71. The molecule has 8 unspecified atom stereocenters. The summed E-state index contributed by atoms with van der Waals surface area (Å²) in [6, 6.07) is 10.9. The van der Waals surface area contributed by atoms with E-state index in [1.165, 1.54) is 37.7 Å². The molecule has 4 saturated carbocycles. The summed E-state index contributed by atoms with van der Waals surface area (Å²) in [5.41, 5.74) is 1.92. The third kappa shape index (κ3) is 2.88. The summed E-state index contributed by atoms with van der Waals surface area (Å²) in [6.45, 7) is 7.11. The van der Waals surface area contributed by atoms with Crippen LogP contribution in [0.2, 0.25) is 0 Å². The molecule has 1 nitrogen and oxygen atoms in total. The van der Waals surface area contributed by atoms with Crippen molar-refractivity contribution < 1.29 is 9.50 Å². The fourth-order valence-corrected chi connectivity index (χ4v) is 9.46. The standard InChI is InChI=1S/C28H41FO/c1-19(30)28(18-20-7-5-4-6-8-20)16-13-25-23-10-9-21-17-22(29)11-14-26(21,2)24(23)12-15-27(25,28)3/h4-8,19,21-25,30H,9-18H2,1-3H3/t19-,21?,22?,23?,24?,25?,26?,27?,28?/m0/s1. The quantitative estimate of drug-likeness (QED) is 0.568. The molecule has 0 aromatic heterocycles. The van der Waals surface area contributed by atoms with Crippen LogP contribution >= 0.6 is 0 Å². The van der Waals surface area contributed by atoms with Crippen molar-refractivity contribution in [2.45, 2.75) is 97.3 Å². The van der Waals surface area contributed by atoms with E-state index < -0.39 is 6.17 Å². The molecule has 4 aliphatic rings. The van der Waals surface area contributed by atoms with Gasteiger partial charge in [0.05, 0.1) is 6.10 Å². The Morgan fingerprint density at radius 2 is 1.70 bits per heavy atom. The van der Waals surface area contributed by atoms with E-state index in [1.807, 2.05) is 0 Å². The summed E-state index contributed by atoms with van der Waals surface area (Å²) < 4.78 is 14.2. The number of aliphatic hydroxyl groups is 1. The zero-order valence-corrected chi connectivity index (χ0v) is 19.2. The second kappa shape index (κ2) is 7.32. The Morgan fingerprint density at radius 1 is 0.967 bits per heavy atom. The molecule has 2 heteroatoms. The van der Waals surface area contributed by atoms with Crippen LogP contribution in [0.5, 0.6) is 0 Å². The molecule has 4 aliphatic carbocycles. The molecule has 0 radical (unpaired) electrons. The molecule has 0 bridgehead atoms. The minimum atomic E-state index is -0.561. The lowest BCUT2D eigenvalue weighted by Gasteiger charge is -2.62. The van der Waals surface area contributed by atoms with Gasteiger partial charge in [-0.05, 0) is 111 Å². The van der Waals surface area contributed by atoms with Crippen molar-refractivity contribution in [1.82, 2.24) is 0 Å². The molecule has 0 heterocycles. The van der Waals surface area contributed by atoms with Gasteiger partial charge in [0.1, 0.15) is 6.17 Å². The molecule has 166 valence electrons. The summed E-state index contributed by atoms with van der Waals surface area (Å²) in [4.78, 5) is 0. The summed E-state index contributed by atoms with van der Waals surface area (Å²) in [6.07, 6.45) is 10.3. The molecule has 0 amide bonds. The topological polar surface area (TPSA) is 20.2 Å². The molecular weight excluding hydrogens is 371 g/mol. The van der Waals surface area contributed by atoms with Crippen LogP contribution in [0.15, 0.2) is 30.3 Å². The van der Waals surface area contributed by atoms with Gasteiger partial charge >= 0.3 is 0 Å². The van der Waals surface area contributed by atoms with Crippen molar-refractivity contribution >= 4 is 0 Å². The van der Waals surface area contributed by atoms with E-state index in [2.05, 4.69) is 51.1 Å². The van der Waals surface area contributed by atoms with Crippen molar-refractivity contribution in [3.63, 3.8) is 0 Å². The Labute approximate surface area is 182 Å². The van der Waals surface area contributed by atoms with Gasteiger partial charge in [-0.1, -0.05) is 44.2 Å². The minimum absolute atomic E-state index is 0.0155. The first kappa shape index (κ1) is 21.0. The van der Waals surface area contributed by atoms with Crippen molar-refractivity contribution in [2.24, 2.45) is 39.9 Å². The van der Waals surface area contributed by atoms with E-state index in [0.29, 0.717) is 11.3 Å².